The molecule has 20 heavy (non-hydrogen) atoms. The molecule has 0 saturated carbocycles. The number of nitrogen functional groups attached to an aromatic ring is 1. The number of benzene rings is 1. The fourth-order valence-corrected chi connectivity index (χ4v) is 1.94. The van der Waals surface area contributed by atoms with Crippen molar-refractivity contribution >= 4 is 12.1 Å². The van der Waals surface area contributed by atoms with Crippen LogP contribution in [0, 0.1) is 11.3 Å². The maximum absolute atomic E-state index is 11.3. The highest BCUT2D eigenvalue weighted by atomic mass is 16.5. The molecule has 0 atom stereocenters. The Morgan fingerprint density at radius 2 is 2.25 bits per heavy atom. The van der Waals surface area contributed by atoms with Crippen molar-refractivity contribution in [3.05, 3.63) is 29.8 Å². The number of nitrogens with zero attached hydrogens (tertiary/aromatic N) is 3. The number of anilines is 1. The van der Waals surface area contributed by atoms with E-state index < -0.39 is 0 Å². The highest BCUT2D eigenvalue weighted by molar-refractivity contribution is 5.92. The summed E-state index contributed by atoms with van der Waals surface area (Å²) in [6.07, 6.45) is 0.647. The summed E-state index contributed by atoms with van der Waals surface area (Å²) < 4.78 is 6.84. The molecule has 0 unspecified atom stereocenters. The van der Waals surface area contributed by atoms with Crippen molar-refractivity contribution in [3.63, 3.8) is 0 Å². The zero-order valence-corrected chi connectivity index (χ0v) is 11.0. The molecule has 2 aromatic rings. The normalized spacial score (nSPS) is 10.0. The monoisotopic (exact) mass is 270 g/mol. The quantitative estimate of drug-likeness (QED) is 0.837. The first-order valence-electron chi connectivity index (χ1n) is 6.13. The molecule has 0 radical (unpaired) electrons. The topological polar surface area (TPSA) is 93.9 Å². The van der Waals surface area contributed by atoms with E-state index in [-0.39, 0.29) is 17.9 Å². The number of carbonyl (C=O) groups is 1. The molecule has 2 rings (SSSR count). The second-order valence-corrected chi connectivity index (χ2v) is 4.01. The van der Waals surface area contributed by atoms with Gasteiger partial charge < -0.3 is 10.5 Å². The minimum atomic E-state index is -0.0104. The molecule has 1 heterocycles. The summed E-state index contributed by atoms with van der Waals surface area (Å²) in [6, 6.07) is 9.22. The van der Waals surface area contributed by atoms with Gasteiger partial charge in [0.1, 0.15) is 23.8 Å². The summed E-state index contributed by atoms with van der Waals surface area (Å²) in [5, 5.41) is 13.0. The SMILES string of the molecule is CCOc1ccccc1-c1nn(CC#N)c(N)c1C=O. The van der Waals surface area contributed by atoms with Gasteiger partial charge in [0.25, 0.3) is 0 Å². The number of hydrogen-bond acceptors (Lipinski definition) is 5. The van der Waals surface area contributed by atoms with Crippen LogP contribution in [0.25, 0.3) is 11.3 Å². The van der Waals surface area contributed by atoms with Gasteiger partial charge in [-0.2, -0.15) is 10.4 Å². The zero-order valence-electron chi connectivity index (χ0n) is 11.0. The maximum Gasteiger partial charge on any atom is 0.156 e. The van der Waals surface area contributed by atoms with E-state index in [4.69, 9.17) is 15.7 Å². The molecule has 1 aromatic carbocycles. The number of aldehydes is 1. The predicted octanol–water partition coefficient (Wildman–Crippen LogP) is 1.87. The van der Waals surface area contributed by atoms with Crippen LogP contribution in [0.4, 0.5) is 5.82 Å². The van der Waals surface area contributed by atoms with E-state index in [9.17, 15) is 4.79 Å². The summed E-state index contributed by atoms with van der Waals surface area (Å²) in [4.78, 5) is 11.3. The fourth-order valence-electron chi connectivity index (χ4n) is 1.94. The number of carbonyl (C=O) groups excluding carboxylic acids is 1. The van der Waals surface area contributed by atoms with Gasteiger partial charge >= 0.3 is 0 Å². The third kappa shape index (κ3) is 2.34. The van der Waals surface area contributed by atoms with Gasteiger partial charge in [-0.3, -0.25) is 4.79 Å². The Balaban J connectivity index is 2.61. The van der Waals surface area contributed by atoms with Crippen LogP contribution in [-0.4, -0.2) is 22.7 Å². The largest absolute Gasteiger partial charge is 0.493 e. The number of nitrogens with two attached hydrogens (primary N) is 1. The zero-order chi connectivity index (χ0) is 14.5. The van der Waals surface area contributed by atoms with Crippen LogP contribution < -0.4 is 10.5 Å². The first-order valence-corrected chi connectivity index (χ1v) is 6.13. The molecule has 0 aliphatic rings. The summed E-state index contributed by atoms with van der Waals surface area (Å²) in [7, 11) is 0. The molecule has 0 fully saturated rings. The molecule has 2 N–H and O–H groups in total. The highest BCUT2D eigenvalue weighted by Crippen LogP contribution is 2.33. The van der Waals surface area contributed by atoms with Crippen LogP contribution in [-0.2, 0) is 6.54 Å². The predicted molar refractivity (Wildman–Crippen MR) is 74.2 cm³/mol. The van der Waals surface area contributed by atoms with Crippen LogP contribution in [0.1, 0.15) is 17.3 Å². The molecule has 1 aromatic heterocycles. The van der Waals surface area contributed by atoms with E-state index in [0.29, 0.717) is 29.9 Å². The van der Waals surface area contributed by atoms with Gasteiger partial charge in [-0.05, 0) is 19.1 Å². The smallest absolute Gasteiger partial charge is 0.156 e. The van der Waals surface area contributed by atoms with Gasteiger partial charge in [0.2, 0.25) is 0 Å². The van der Waals surface area contributed by atoms with E-state index in [1.165, 1.54) is 4.68 Å². The number of para-hydroxylation sites is 1. The van der Waals surface area contributed by atoms with E-state index in [2.05, 4.69) is 5.10 Å². The molecule has 0 bridgehead atoms. The van der Waals surface area contributed by atoms with Crippen molar-refractivity contribution < 1.29 is 9.53 Å². The van der Waals surface area contributed by atoms with Crippen LogP contribution >= 0.6 is 0 Å². The van der Waals surface area contributed by atoms with Gasteiger partial charge in [0.05, 0.1) is 18.2 Å². The molecular formula is C14H14N4O2. The lowest BCUT2D eigenvalue weighted by Crippen LogP contribution is -2.03. The summed E-state index contributed by atoms with van der Waals surface area (Å²) in [5.41, 5.74) is 7.22. The van der Waals surface area contributed by atoms with Crippen molar-refractivity contribution in [1.82, 2.24) is 9.78 Å². The molecule has 0 spiro atoms. The summed E-state index contributed by atoms with van der Waals surface area (Å²) >= 11 is 0. The molecule has 0 amide bonds. The van der Waals surface area contributed by atoms with Crippen molar-refractivity contribution in [3.8, 4) is 23.1 Å². The van der Waals surface area contributed by atoms with E-state index in [1.807, 2.05) is 25.1 Å². The molecule has 0 aliphatic heterocycles. The van der Waals surface area contributed by atoms with Gasteiger partial charge in [-0.25, -0.2) is 4.68 Å². The average Bonchev–Trinajstić information content (AvgIpc) is 2.77. The van der Waals surface area contributed by atoms with Crippen LogP contribution in [0.3, 0.4) is 0 Å². The Bertz CT molecular complexity index is 670. The average molecular weight is 270 g/mol. The Morgan fingerprint density at radius 1 is 1.50 bits per heavy atom. The Kier molecular flexibility index (Phi) is 4.01. The van der Waals surface area contributed by atoms with Gasteiger partial charge in [0, 0.05) is 5.56 Å². The minimum absolute atomic E-state index is 0.0104. The number of aromatic nitrogens is 2. The molecular weight excluding hydrogens is 256 g/mol. The molecule has 6 heteroatoms. The molecule has 6 nitrogen and oxygen atoms in total. The second-order valence-electron chi connectivity index (χ2n) is 4.01. The first kappa shape index (κ1) is 13.6. The second kappa shape index (κ2) is 5.89. The Labute approximate surface area is 116 Å². The van der Waals surface area contributed by atoms with Crippen molar-refractivity contribution in [2.24, 2.45) is 0 Å². The minimum Gasteiger partial charge on any atom is -0.493 e. The fraction of sp³-hybridized carbons (Fsp3) is 0.214. The highest BCUT2D eigenvalue weighted by Gasteiger charge is 2.19. The first-order chi connectivity index (χ1) is 9.72. The van der Waals surface area contributed by atoms with Gasteiger partial charge in [-0.1, -0.05) is 12.1 Å². The van der Waals surface area contributed by atoms with Crippen LogP contribution in [0.15, 0.2) is 24.3 Å². The van der Waals surface area contributed by atoms with Crippen molar-refractivity contribution in [2.45, 2.75) is 13.5 Å². The molecule has 0 saturated heterocycles. The van der Waals surface area contributed by atoms with Crippen molar-refractivity contribution in [2.75, 3.05) is 12.3 Å². The summed E-state index contributed by atoms with van der Waals surface area (Å²) in [6.45, 7) is 2.37. The number of hydrogen-bond donors (Lipinski definition) is 1. The lowest BCUT2D eigenvalue weighted by molar-refractivity contribution is 0.112. The third-order valence-electron chi connectivity index (χ3n) is 2.81. The third-order valence-corrected chi connectivity index (χ3v) is 2.81. The standard InChI is InChI=1S/C14H14N4O2/c1-2-20-12-6-4-3-5-10(12)13-11(9-19)14(16)18(17-13)8-7-15/h3-6,9H,2,8,16H2,1H3. The van der Waals surface area contributed by atoms with Gasteiger partial charge in [0.15, 0.2) is 6.29 Å². The lowest BCUT2D eigenvalue weighted by Gasteiger charge is -2.08. The molecule has 0 aliphatic carbocycles. The Hall–Kier alpha value is -2.81. The number of ether oxygens (including phenoxy) is 1. The maximum atomic E-state index is 11.3. The summed E-state index contributed by atoms with van der Waals surface area (Å²) in [5.74, 6) is 0.808. The van der Waals surface area contributed by atoms with E-state index in [0.717, 1.165) is 0 Å². The Morgan fingerprint density at radius 3 is 2.90 bits per heavy atom. The van der Waals surface area contributed by atoms with Crippen LogP contribution in [0.5, 0.6) is 5.75 Å². The molecule has 102 valence electrons. The van der Waals surface area contributed by atoms with Crippen molar-refractivity contribution in [1.29, 1.82) is 5.26 Å². The van der Waals surface area contributed by atoms with E-state index >= 15 is 0 Å². The van der Waals surface area contributed by atoms with Crippen LogP contribution in [0.2, 0.25) is 0 Å². The lowest BCUT2D eigenvalue weighted by atomic mass is 10.1. The van der Waals surface area contributed by atoms with E-state index in [1.54, 1.807) is 12.1 Å². The number of nitriles is 1. The number of rotatable bonds is 5. The van der Waals surface area contributed by atoms with Gasteiger partial charge in [-0.15, -0.1) is 0 Å².